The Bertz CT molecular complexity index is 576. The van der Waals surface area contributed by atoms with E-state index < -0.39 is 47.9 Å². The summed E-state index contributed by atoms with van der Waals surface area (Å²) in [4.78, 5) is 47.1. The highest BCUT2D eigenvalue weighted by atomic mass is 16.4. The molecule has 0 aromatic rings. The molecule has 0 aromatic heterocycles. The minimum Gasteiger partial charge on any atom is -0.480 e. The highest BCUT2D eigenvalue weighted by Crippen LogP contribution is 2.07. The topological polar surface area (TPSA) is 186 Å². The van der Waals surface area contributed by atoms with E-state index in [2.05, 4.69) is 16.4 Å². The van der Waals surface area contributed by atoms with Gasteiger partial charge in [-0.25, -0.2) is 4.79 Å². The maximum Gasteiger partial charge on any atom is 0.326 e. The van der Waals surface area contributed by atoms with Crippen molar-refractivity contribution < 1.29 is 39.6 Å². The second-order valence-electron chi connectivity index (χ2n) is 8.32. The molecule has 0 aliphatic heterocycles. The number of quaternary nitrogens is 2. The number of carbonyl (C=O) groups is 4. The number of aliphatic hydroxyl groups is 1. The van der Waals surface area contributed by atoms with Gasteiger partial charge in [0, 0.05) is 6.42 Å². The van der Waals surface area contributed by atoms with Gasteiger partial charge in [-0.1, -0.05) is 0 Å². The lowest BCUT2D eigenvalue weighted by molar-refractivity contribution is -0.870. The second kappa shape index (κ2) is 12.3. The summed E-state index contributed by atoms with van der Waals surface area (Å²) in [5.74, 6) is -3.24. The zero-order valence-electron chi connectivity index (χ0n) is 17.8. The molecule has 0 saturated carbocycles. The molecule has 0 unspecified atom stereocenters. The van der Waals surface area contributed by atoms with Crippen molar-refractivity contribution in [1.82, 2.24) is 10.6 Å². The molecule has 29 heavy (non-hydrogen) atoms. The van der Waals surface area contributed by atoms with Gasteiger partial charge >= 0.3 is 5.97 Å². The predicted molar refractivity (Wildman–Crippen MR) is 105 cm³/mol. The van der Waals surface area contributed by atoms with Gasteiger partial charge in [0.25, 0.3) is 5.91 Å². The lowest BCUT2D eigenvalue weighted by atomic mass is 10.1. The van der Waals surface area contributed by atoms with Gasteiger partial charge in [0.05, 0.1) is 27.7 Å². The second-order valence-corrected chi connectivity index (χ2v) is 8.32. The van der Waals surface area contributed by atoms with E-state index in [4.69, 9.17) is 5.73 Å². The molecule has 0 spiro atoms. The number of primary amides is 1. The van der Waals surface area contributed by atoms with Crippen LogP contribution < -0.4 is 22.1 Å². The summed E-state index contributed by atoms with van der Waals surface area (Å²) in [6.07, 6.45) is 0.386. The predicted octanol–water partition coefficient (Wildman–Crippen LogP) is -2.83. The lowest BCUT2D eigenvalue weighted by Gasteiger charge is -2.25. The summed E-state index contributed by atoms with van der Waals surface area (Å²) < 4.78 is 0.750. The maximum absolute atomic E-state index is 12.6. The Morgan fingerprint density at radius 1 is 1.00 bits per heavy atom. The van der Waals surface area contributed by atoms with Crippen LogP contribution in [-0.2, 0) is 19.2 Å². The van der Waals surface area contributed by atoms with Gasteiger partial charge in [0.15, 0.2) is 6.04 Å². The highest BCUT2D eigenvalue weighted by Gasteiger charge is 2.30. The number of carbonyl (C=O) groups excluding carboxylic acids is 3. The van der Waals surface area contributed by atoms with Crippen molar-refractivity contribution in [2.45, 2.75) is 63.3 Å². The van der Waals surface area contributed by atoms with Crippen molar-refractivity contribution in [3.63, 3.8) is 0 Å². The third kappa shape index (κ3) is 12.0. The van der Waals surface area contributed by atoms with Gasteiger partial charge in [-0.05, 0) is 32.6 Å². The number of amides is 3. The smallest absolute Gasteiger partial charge is 0.326 e. The van der Waals surface area contributed by atoms with Crippen LogP contribution in [0.1, 0.15) is 39.0 Å². The number of nitrogens with two attached hydrogens (primary N) is 1. The summed E-state index contributed by atoms with van der Waals surface area (Å²) >= 11 is 0. The SMILES string of the molecule is C[C@@H](O)[C@H]([NH3+])C(=O)N[C@@H](CCCC[N+](C)(C)C)C(=O)N[C@@H](CCC(N)=O)C(=O)O. The van der Waals surface area contributed by atoms with Gasteiger partial charge in [0.1, 0.15) is 18.2 Å². The molecule has 0 fully saturated rings. The Morgan fingerprint density at radius 3 is 2.00 bits per heavy atom. The number of hydrogen-bond acceptors (Lipinski definition) is 5. The third-order valence-corrected chi connectivity index (χ3v) is 4.42. The van der Waals surface area contributed by atoms with E-state index in [0.717, 1.165) is 17.4 Å². The van der Waals surface area contributed by atoms with Crippen LogP contribution in [0.5, 0.6) is 0 Å². The standard InChI is InChI=1S/C18H35N5O6/c1-11(24)15(20)17(27)21-12(7-5-6-10-23(2,3)4)16(26)22-13(18(28)29)8-9-14(19)25/h11-13,15,24H,5-10,20H2,1-4H3,(H4-,19,21,22,25,26,27,28,29)/p+2/t11-,12+,13+,15+/m1/s1. The molecule has 3 amide bonds. The summed E-state index contributed by atoms with van der Waals surface area (Å²) in [7, 11) is 6.12. The molecule has 168 valence electrons. The molecule has 0 radical (unpaired) electrons. The number of carboxylic acid groups (broad SMARTS) is 1. The van der Waals surface area contributed by atoms with Crippen molar-refractivity contribution in [3.8, 4) is 0 Å². The van der Waals surface area contributed by atoms with E-state index in [1.807, 2.05) is 21.1 Å². The van der Waals surface area contributed by atoms with Crippen LogP contribution in [0.15, 0.2) is 0 Å². The molecule has 0 rings (SSSR count). The molecule has 9 N–H and O–H groups in total. The number of hydrogen-bond donors (Lipinski definition) is 6. The summed E-state index contributed by atoms with van der Waals surface area (Å²) in [6, 6.07) is -3.25. The minimum atomic E-state index is -1.30. The molecule has 0 heterocycles. The van der Waals surface area contributed by atoms with Crippen molar-refractivity contribution in [3.05, 3.63) is 0 Å². The van der Waals surface area contributed by atoms with Crippen LogP contribution in [-0.4, -0.2) is 90.3 Å². The zero-order chi connectivity index (χ0) is 22.8. The van der Waals surface area contributed by atoms with E-state index >= 15 is 0 Å². The van der Waals surface area contributed by atoms with Crippen LogP contribution in [0.3, 0.4) is 0 Å². The van der Waals surface area contributed by atoms with Crippen molar-refractivity contribution in [2.24, 2.45) is 5.73 Å². The van der Waals surface area contributed by atoms with E-state index in [1.165, 1.54) is 6.92 Å². The molecule has 0 bridgehead atoms. The minimum absolute atomic E-state index is 0.149. The number of aliphatic carboxylic acids is 1. The molecule has 11 nitrogen and oxygen atoms in total. The summed E-state index contributed by atoms with van der Waals surface area (Å²) in [5, 5.41) is 23.7. The molecule has 0 saturated heterocycles. The third-order valence-electron chi connectivity index (χ3n) is 4.42. The first-order valence-corrected chi connectivity index (χ1v) is 9.68. The van der Waals surface area contributed by atoms with Crippen LogP contribution >= 0.6 is 0 Å². The Hall–Kier alpha value is -2.24. The highest BCUT2D eigenvalue weighted by molar-refractivity contribution is 5.91. The Morgan fingerprint density at radius 2 is 1.55 bits per heavy atom. The van der Waals surface area contributed by atoms with Crippen molar-refractivity contribution in [1.29, 1.82) is 0 Å². The molecule has 4 atom stereocenters. The largest absolute Gasteiger partial charge is 0.480 e. The number of unbranched alkanes of at least 4 members (excludes halogenated alkanes) is 1. The first kappa shape index (κ1) is 26.8. The summed E-state index contributed by atoms with van der Waals surface area (Å²) in [5.41, 5.74) is 8.62. The average molecular weight is 420 g/mol. The Kier molecular flexibility index (Phi) is 11.4. The normalized spacial score (nSPS) is 15.7. The van der Waals surface area contributed by atoms with Crippen LogP contribution in [0.2, 0.25) is 0 Å². The van der Waals surface area contributed by atoms with Crippen molar-refractivity contribution >= 4 is 23.7 Å². The number of aliphatic hydroxyl groups excluding tert-OH is 1. The van der Waals surface area contributed by atoms with E-state index in [9.17, 15) is 29.4 Å². The van der Waals surface area contributed by atoms with Gasteiger partial charge in [0.2, 0.25) is 11.8 Å². The number of carboxylic acids is 1. The Labute approximate surface area is 171 Å². The fraction of sp³-hybridized carbons (Fsp3) is 0.778. The molecule has 0 aromatic carbocycles. The quantitative estimate of drug-likeness (QED) is 0.130. The molecule has 0 aliphatic carbocycles. The molecular weight excluding hydrogens is 382 g/mol. The fourth-order valence-corrected chi connectivity index (χ4v) is 2.52. The molecule has 11 heteroatoms. The maximum atomic E-state index is 12.6. The monoisotopic (exact) mass is 419 g/mol. The zero-order valence-corrected chi connectivity index (χ0v) is 17.8. The van der Waals surface area contributed by atoms with E-state index in [0.29, 0.717) is 12.8 Å². The number of nitrogens with zero attached hydrogens (tertiary/aromatic N) is 1. The summed E-state index contributed by atoms with van der Waals surface area (Å²) in [6.45, 7) is 2.28. The van der Waals surface area contributed by atoms with Gasteiger partial charge in [-0.2, -0.15) is 0 Å². The van der Waals surface area contributed by atoms with E-state index in [-0.39, 0.29) is 12.8 Å². The first-order chi connectivity index (χ1) is 13.2. The van der Waals surface area contributed by atoms with Crippen LogP contribution in [0, 0.1) is 0 Å². The fourth-order valence-electron chi connectivity index (χ4n) is 2.52. The molecule has 0 aliphatic rings. The first-order valence-electron chi connectivity index (χ1n) is 9.68. The number of nitrogens with one attached hydrogen (secondary N) is 2. The van der Waals surface area contributed by atoms with Gasteiger partial charge in [-0.15, -0.1) is 0 Å². The van der Waals surface area contributed by atoms with Gasteiger partial charge < -0.3 is 36.8 Å². The van der Waals surface area contributed by atoms with Crippen molar-refractivity contribution in [2.75, 3.05) is 27.7 Å². The average Bonchev–Trinajstić information content (AvgIpc) is 2.58. The van der Waals surface area contributed by atoms with Gasteiger partial charge in [-0.3, -0.25) is 14.4 Å². The Balaban J connectivity index is 5.11. The molecular formula is C18H37N5O6+2. The van der Waals surface area contributed by atoms with Crippen LogP contribution in [0.25, 0.3) is 0 Å². The van der Waals surface area contributed by atoms with E-state index in [1.54, 1.807) is 0 Å². The number of rotatable bonds is 14. The van der Waals surface area contributed by atoms with Crippen LogP contribution in [0.4, 0.5) is 0 Å². The lowest BCUT2D eigenvalue weighted by Crippen LogP contribution is -2.73.